The van der Waals surface area contributed by atoms with Crippen molar-refractivity contribution in [2.24, 2.45) is 5.92 Å². The fourth-order valence-electron chi connectivity index (χ4n) is 6.69. The highest BCUT2D eigenvalue weighted by atomic mass is 16.5. The smallest absolute Gasteiger partial charge is 0.174 e. The van der Waals surface area contributed by atoms with Crippen molar-refractivity contribution >= 4 is 5.78 Å². The molecule has 0 fully saturated rings. The van der Waals surface area contributed by atoms with Gasteiger partial charge in [-0.2, -0.15) is 0 Å². The third-order valence-corrected chi connectivity index (χ3v) is 9.10. The van der Waals surface area contributed by atoms with E-state index in [0.29, 0.717) is 46.4 Å². The van der Waals surface area contributed by atoms with Gasteiger partial charge < -0.3 is 40.1 Å². The summed E-state index contributed by atoms with van der Waals surface area (Å²) in [6, 6.07) is 14.6. The number of phenols is 6. The first-order valence-electron chi connectivity index (χ1n) is 15.7. The Hall–Kier alpha value is -5.57. The molecule has 0 amide bonds. The minimum atomic E-state index is -0.920. The highest BCUT2D eigenvalue weighted by Crippen LogP contribution is 2.60. The molecule has 48 heavy (non-hydrogen) atoms. The Labute approximate surface area is 278 Å². The Kier molecular flexibility index (Phi) is 8.47. The summed E-state index contributed by atoms with van der Waals surface area (Å²) in [6.07, 6.45) is 1.15. The van der Waals surface area contributed by atoms with E-state index in [9.17, 15) is 35.4 Å². The maximum Gasteiger partial charge on any atom is 0.174 e. The fourth-order valence-corrected chi connectivity index (χ4v) is 6.69. The normalized spacial score (nSPS) is 18.6. The first-order chi connectivity index (χ1) is 22.8. The van der Waals surface area contributed by atoms with Crippen molar-refractivity contribution in [1.29, 1.82) is 0 Å². The number of carbonyl (C=O) groups is 1. The van der Waals surface area contributed by atoms with E-state index in [4.69, 9.17) is 9.47 Å². The molecule has 6 rings (SSSR count). The third kappa shape index (κ3) is 5.99. The van der Waals surface area contributed by atoms with Crippen molar-refractivity contribution in [3.05, 3.63) is 118 Å². The summed E-state index contributed by atoms with van der Waals surface area (Å²) >= 11 is 0. The van der Waals surface area contributed by atoms with Gasteiger partial charge in [-0.3, -0.25) is 4.79 Å². The second-order valence-electron chi connectivity index (χ2n) is 12.9. The molecule has 0 aromatic heterocycles. The lowest BCUT2D eigenvalue weighted by molar-refractivity contribution is 0.0838. The molecular weight excluding hydrogens is 612 g/mol. The average Bonchev–Trinajstić information content (AvgIpc) is 3.41. The highest BCUT2D eigenvalue weighted by molar-refractivity contribution is 6.04. The fraction of sp³-hybridized carbons (Fsp3) is 0.256. The van der Waals surface area contributed by atoms with Gasteiger partial charge >= 0.3 is 0 Å². The van der Waals surface area contributed by atoms with Crippen LogP contribution < -0.4 is 9.47 Å². The Bertz CT molecular complexity index is 1930. The zero-order chi connectivity index (χ0) is 34.4. The lowest BCUT2D eigenvalue weighted by Crippen LogP contribution is -2.23. The quantitative estimate of drug-likeness (QED) is 0.104. The van der Waals surface area contributed by atoms with Crippen LogP contribution in [0.5, 0.6) is 46.0 Å². The molecule has 0 saturated carbocycles. The average molecular weight is 651 g/mol. The van der Waals surface area contributed by atoms with Crippen molar-refractivity contribution in [2.45, 2.75) is 58.2 Å². The van der Waals surface area contributed by atoms with Crippen LogP contribution >= 0.6 is 0 Å². The second-order valence-corrected chi connectivity index (χ2v) is 12.9. The molecule has 9 nitrogen and oxygen atoms in total. The molecule has 0 aliphatic carbocycles. The summed E-state index contributed by atoms with van der Waals surface area (Å²) in [6.45, 7) is 10.2. The van der Waals surface area contributed by atoms with E-state index in [0.717, 1.165) is 11.1 Å². The number of phenolic OH excluding ortho intramolecular Hbond substituents is 6. The van der Waals surface area contributed by atoms with Gasteiger partial charge in [-0.25, -0.2) is 0 Å². The van der Waals surface area contributed by atoms with Gasteiger partial charge in [0.2, 0.25) is 0 Å². The Balaban J connectivity index is 1.61. The topological polar surface area (TPSA) is 157 Å². The number of benzene rings is 4. The molecule has 6 N–H and O–H groups in total. The summed E-state index contributed by atoms with van der Waals surface area (Å²) < 4.78 is 13.3. The van der Waals surface area contributed by atoms with Crippen molar-refractivity contribution in [3.63, 3.8) is 0 Å². The molecule has 0 unspecified atom stereocenters. The number of allylic oxidation sites excluding steroid dienone is 3. The molecule has 4 aromatic rings. The van der Waals surface area contributed by atoms with E-state index in [1.165, 1.54) is 48.5 Å². The Morgan fingerprint density at radius 2 is 1.50 bits per heavy atom. The Morgan fingerprint density at radius 3 is 2.12 bits per heavy atom. The lowest BCUT2D eigenvalue weighted by Gasteiger charge is -2.31. The number of ketones is 1. The molecule has 4 atom stereocenters. The number of hydrogen-bond donors (Lipinski definition) is 6. The van der Waals surface area contributed by atoms with E-state index in [2.05, 4.69) is 12.7 Å². The van der Waals surface area contributed by atoms with Gasteiger partial charge in [0.15, 0.2) is 5.78 Å². The van der Waals surface area contributed by atoms with Crippen LogP contribution in [0.1, 0.15) is 89.9 Å². The zero-order valence-corrected chi connectivity index (χ0v) is 26.9. The van der Waals surface area contributed by atoms with Crippen LogP contribution in [0.4, 0.5) is 0 Å². The minimum Gasteiger partial charge on any atom is -0.508 e. The van der Waals surface area contributed by atoms with Crippen LogP contribution in [0.15, 0.2) is 84.5 Å². The van der Waals surface area contributed by atoms with Gasteiger partial charge in [-0.1, -0.05) is 35.9 Å². The molecule has 0 radical (unpaired) electrons. The predicted octanol–water partition coefficient (Wildman–Crippen LogP) is 7.98. The van der Waals surface area contributed by atoms with E-state index < -0.39 is 23.9 Å². The predicted molar refractivity (Wildman–Crippen MR) is 179 cm³/mol. The van der Waals surface area contributed by atoms with E-state index in [1.807, 2.05) is 20.8 Å². The summed E-state index contributed by atoms with van der Waals surface area (Å²) in [5.41, 5.74) is 4.20. The van der Waals surface area contributed by atoms with Crippen LogP contribution in [0, 0.1) is 5.92 Å². The SMILES string of the molecule is C=C(C)[C@H](CC=C(C)C)Cc1c2c(c(O)c3c1O[C@@H](c1ccc(O)cc1)[C@H]3c1cc(O)cc(O)c1)C(=O)C[C@@H](c1ccc(O)cc1O)O2. The monoisotopic (exact) mass is 650 g/mol. The summed E-state index contributed by atoms with van der Waals surface area (Å²) in [4.78, 5) is 14.0. The number of hydrogen-bond acceptors (Lipinski definition) is 9. The lowest BCUT2D eigenvalue weighted by atomic mass is 9.80. The van der Waals surface area contributed by atoms with Gasteiger partial charge in [-0.05, 0) is 87.1 Å². The molecule has 0 spiro atoms. The van der Waals surface area contributed by atoms with Crippen molar-refractivity contribution in [3.8, 4) is 46.0 Å². The van der Waals surface area contributed by atoms with E-state index >= 15 is 0 Å². The number of fused-ring (bicyclic) bond motifs is 2. The molecule has 9 heteroatoms. The van der Waals surface area contributed by atoms with Gasteiger partial charge in [0.1, 0.15) is 63.8 Å². The molecule has 2 heterocycles. The molecular formula is C39H38O9. The van der Waals surface area contributed by atoms with Crippen LogP contribution in [-0.4, -0.2) is 36.4 Å². The molecule has 0 bridgehead atoms. The standard InChI is InChI=1S/C39H38O9/c1-19(2)5-6-22(20(3)4)15-29-38-34(31(45)18-32(47-38)28-12-11-25(41)17-30(28)44)36(46)35-33(23-13-26(42)16-27(43)14-23)37(48-39(29)35)21-7-9-24(40)10-8-21/h5,7-14,16-17,22,32-33,37,40-44,46H,3,6,15,18H2,1-2,4H3/t22-,32+,33+,37+/m1/s1. The first kappa shape index (κ1) is 32.4. The molecule has 2 aliphatic rings. The van der Waals surface area contributed by atoms with Crippen LogP contribution in [-0.2, 0) is 6.42 Å². The number of rotatable bonds is 8. The second kappa shape index (κ2) is 12.6. The summed E-state index contributed by atoms with van der Waals surface area (Å²) in [7, 11) is 0. The summed E-state index contributed by atoms with van der Waals surface area (Å²) in [5.74, 6) is -1.96. The first-order valence-corrected chi connectivity index (χ1v) is 15.7. The summed E-state index contributed by atoms with van der Waals surface area (Å²) in [5, 5.41) is 63.6. The largest absolute Gasteiger partial charge is 0.508 e. The van der Waals surface area contributed by atoms with Gasteiger partial charge in [0.25, 0.3) is 0 Å². The van der Waals surface area contributed by atoms with Gasteiger partial charge in [0.05, 0.1) is 12.3 Å². The third-order valence-electron chi connectivity index (χ3n) is 9.10. The number of Topliss-reactive ketones (excluding diaryl/α,β-unsaturated/α-hetero) is 1. The van der Waals surface area contributed by atoms with Crippen LogP contribution in [0.2, 0.25) is 0 Å². The molecule has 0 saturated heterocycles. The maximum atomic E-state index is 14.0. The molecule has 4 aromatic carbocycles. The molecule has 2 aliphatic heterocycles. The zero-order valence-electron chi connectivity index (χ0n) is 26.9. The van der Waals surface area contributed by atoms with Crippen LogP contribution in [0.3, 0.4) is 0 Å². The number of aromatic hydroxyl groups is 6. The van der Waals surface area contributed by atoms with Gasteiger partial charge in [-0.15, -0.1) is 0 Å². The number of carbonyl (C=O) groups excluding carboxylic acids is 1. The number of ether oxygens (including phenoxy) is 2. The highest BCUT2D eigenvalue weighted by Gasteiger charge is 2.46. The van der Waals surface area contributed by atoms with E-state index in [1.54, 1.807) is 12.1 Å². The van der Waals surface area contributed by atoms with E-state index in [-0.39, 0.29) is 58.1 Å². The van der Waals surface area contributed by atoms with Crippen molar-refractivity contribution < 1.29 is 44.9 Å². The minimum absolute atomic E-state index is 0.0229. The maximum absolute atomic E-state index is 14.0. The van der Waals surface area contributed by atoms with Crippen molar-refractivity contribution in [1.82, 2.24) is 0 Å². The van der Waals surface area contributed by atoms with Gasteiger partial charge in [0, 0.05) is 28.8 Å². The van der Waals surface area contributed by atoms with Crippen LogP contribution in [0.25, 0.3) is 0 Å². The Morgan fingerprint density at radius 1 is 0.833 bits per heavy atom. The molecule has 248 valence electrons. The van der Waals surface area contributed by atoms with Crippen molar-refractivity contribution in [2.75, 3.05) is 0 Å².